The number of hydrogen-bond donors (Lipinski definition) is 2. The average molecular weight is 254 g/mol. The highest BCUT2D eigenvalue weighted by Crippen LogP contribution is 2.22. The first-order valence-corrected chi connectivity index (χ1v) is 7.78. The fourth-order valence-electron chi connectivity index (χ4n) is 2.74. The maximum atomic E-state index is 12.2. The van der Waals surface area contributed by atoms with E-state index < -0.39 is 0 Å². The first-order chi connectivity index (χ1) is 8.75. The first-order valence-electron chi connectivity index (χ1n) is 7.78. The standard InChI is InChI=1S/C15H30N2O/c1-3-5-6-7-8-9-12-16-14(18)15(4-2)11-10-13-17-15/h17H,3-13H2,1-2H3,(H,16,18). The van der Waals surface area contributed by atoms with Gasteiger partial charge >= 0.3 is 0 Å². The molecule has 1 saturated heterocycles. The molecule has 2 N–H and O–H groups in total. The lowest BCUT2D eigenvalue weighted by molar-refractivity contribution is -0.127. The molecular weight excluding hydrogens is 224 g/mol. The molecular formula is C15H30N2O. The van der Waals surface area contributed by atoms with Gasteiger partial charge in [-0.3, -0.25) is 4.79 Å². The van der Waals surface area contributed by atoms with Crippen LogP contribution >= 0.6 is 0 Å². The van der Waals surface area contributed by atoms with Crippen molar-refractivity contribution in [1.29, 1.82) is 0 Å². The van der Waals surface area contributed by atoms with E-state index in [4.69, 9.17) is 0 Å². The normalized spacial score (nSPS) is 23.2. The molecule has 1 aliphatic rings. The second kappa shape index (κ2) is 8.52. The van der Waals surface area contributed by atoms with Crippen LogP contribution in [0.15, 0.2) is 0 Å². The van der Waals surface area contributed by atoms with Gasteiger partial charge in [-0.05, 0) is 32.2 Å². The van der Waals surface area contributed by atoms with Gasteiger partial charge < -0.3 is 10.6 Å². The van der Waals surface area contributed by atoms with E-state index in [0.717, 1.165) is 38.8 Å². The summed E-state index contributed by atoms with van der Waals surface area (Å²) in [6.45, 7) is 6.16. The Morgan fingerprint density at radius 1 is 1.17 bits per heavy atom. The molecule has 1 rings (SSSR count). The summed E-state index contributed by atoms with van der Waals surface area (Å²) >= 11 is 0. The van der Waals surface area contributed by atoms with Gasteiger partial charge in [0.2, 0.25) is 5.91 Å². The van der Waals surface area contributed by atoms with Gasteiger partial charge in [0, 0.05) is 6.54 Å². The number of carbonyl (C=O) groups excluding carboxylic acids is 1. The van der Waals surface area contributed by atoms with Crippen LogP contribution in [0.3, 0.4) is 0 Å². The summed E-state index contributed by atoms with van der Waals surface area (Å²) in [5.41, 5.74) is -0.262. The van der Waals surface area contributed by atoms with Crippen molar-refractivity contribution in [3.63, 3.8) is 0 Å². The highest BCUT2D eigenvalue weighted by molar-refractivity contribution is 5.86. The van der Waals surface area contributed by atoms with Crippen molar-refractivity contribution in [3.8, 4) is 0 Å². The molecule has 3 nitrogen and oxygen atoms in total. The number of rotatable bonds is 9. The zero-order valence-electron chi connectivity index (χ0n) is 12.2. The molecule has 1 unspecified atom stereocenters. The van der Waals surface area contributed by atoms with Gasteiger partial charge in [-0.25, -0.2) is 0 Å². The lowest BCUT2D eigenvalue weighted by Gasteiger charge is -2.26. The van der Waals surface area contributed by atoms with Gasteiger partial charge in [-0.15, -0.1) is 0 Å². The van der Waals surface area contributed by atoms with E-state index in [1.165, 1.54) is 32.1 Å². The van der Waals surface area contributed by atoms with Crippen LogP contribution in [0.2, 0.25) is 0 Å². The predicted molar refractivity (Wildman–Crippen MR) is 76.6 cm³/mol. The van der Waals surface area contributed by atoms with Gasteiger partial charge in [-0.1, -0.05) is 46.0 Å². The molecule has 0 aliphatic carbocycles. The van der Waals surface area contributed by atoms with Crippen molar-refractivity contribution in [2.24, 2.45) is 0 Å². The van der Waals surface area contributed by atoms with Crippen molar-refractivity contribution >= 4 is 5.91 Å². The predicted octanol–water partition coefficient (Wildman–Crippen LogP) is 3.00. The summed E-state index contributed by atoms with van der Waals surface area (Å²) in [6, 6.07) is 0. The van der Waals surface area contributed by atoms with E-state index in [-0.39, 0.29) is 11.4 Å². The summed E-state index contributed by atoms with van der Waals surface area (Å²) in [6.07, 6.45) is 10.7. The van der Waals surface area contributed by atoms with Crippen molar-refractivity contribution in [3.05, 3.63) is 0 Å². The number of hydrogen-bond acceptors (Lipinski definition) is 2. The molecule has 0 bridgehead atoms. The molecule has 0 saturated carbocycles. The molecule has 0 spiro atoms. The third-order valence-corrected chi connectivity index (χ3v) is 4.10. The maximum absolute atomic E-state index is 12.2. The first kappa shape index (κ1) is 15.5. The topological polar surface area (TPSA) is 41.1 Å². The number of nitrogens with one attached hydrogen (secondary N) is 2. The molecule has 106 valence electrons. The molecule has 1 atom stereocenters. The Morgan fingerprint density at radius 2 is 1.89 bits per heavy atom. The summed E-state index contributed by atoms with van der Waals surface area (Å²) in [5, 5.41) is 6.48. The third-order valence-electron chi connectivity index (χ3n) is 4.10. The average Bonchev–Trinajstić information content (AvgIpc) is 2.87. The molecule has 18 heavy (non-hydrogen) atoms. The molecule has 0 aromatic carbocycles. The van der Waals surface area contributed by atoms with Gasteiger partial charge in [0.1, 0.15) is 0 Å². The van der Waals surface area contributed by atoms with Gasteiger partial charge in [-0.2, -0.15) is 0 Å². The zero-order chi connectivity index (χ0) is 13.3. The minimum absolute atomic E-state index is 0.219. The zero-order valence-corrected chi connectivity index (χ0v) is 12.2. The van der Waals surface area contributed by atoms with Crippen LogP contribution in [-0.2, 0) is 4.79 Å². The maximum Gasteiger partial charge on any atom is 0.240 e. The molecule has 1 aliphatic heterocycles. The van der Waals surface area contributed by atoms with Gasteiger partial charge in [0.25, 0.3) is 0 Å². The Balaban J connectivity index is 2.09. The van der Waals surface area contributed by atoms with Crippen LogP contribution in [0.5, 0.6) is 0 Å². The molecule has 0 aromatic heterocycles. The van der Waals surface area contributed by atoms with E-state index in [9.17, 15) is 4.79 Å². The molecule has 1 amide bonds. The van der Waals surface area contributed by atoms with Gasteiger partial charge in [0.05, 0.1) is 5.54 Å². The summed E-state index contributed by atoms with van der Waals surface area (Å²) in [7, 11) is 0. The highest BCUT2D eigenvalue weighted by atomic mass is 16.2. The minimum Gasteiger partial charge on any atom is -0.354 e. The third kappa shape index (κ3) is 4.60. The van der Waals surface area contributed by atoms with Crippen LogP contribution in [-0.4, -0.2) is 24.5 Å². The quantitative estimate of drug-likeness (QED) is 0.621. The smallest absolute Gasteiger partial charge is 0.240 e. The Kier molecular flexibility index (Phi) is 7.33. The fourth-order valence-corrected chi connectivity index (χ4v) is 2.74. The minimum atomic E-state index is -0.262. The number of unbranched alkanes of at least 4 members (excludes halogenated alkanes) is 5. The fraction of sp³-hybridized carbons (Fsp3) is 0.933. The van der Waals surface area contributed by atoms with Crippen LogP contribution in [0.1, 0.15) is 71.6 Å². The molecule has 0 aromatic rings. The number of amides is 1. The van der Waals surface area contributed by atoms with Gasteiger partial charge in [0.15, 0.2) is 0 Å². The van der Waals surface area contributed by atoms with Crippen LogP contribution < -0.4 is 10.6 Å². The molecule has 3 heteroatoms. The Morgan fingerprint density at radius 3 is 2.50 bits per heavy atom. The van der Waals surface area contributed by atoms with E-state index in [1.54, 1.807) is 0 Å². The second-order valence-corrected chi connectivity index (χ2v) is 5.49. The SMILES string of the molecule is CCCCCCCCNC(=O)C1(CC)CCCN1. The van der Waals surface area contributed by atoms with E-state index in [0.29, 0.717) is 0 Å². The van der Waals surface area contributed by atoms with Crippen LogP contribution in [0, 0.1) is 0 Å². The van der Waals surface area contributed by atoms with Crippen LogP contribution in [0.4, 0.5) is 0 Å². The molecule has 1 heterocycles. The van der Waals surface area contributed by atoms with Crippen molar-refractivity contribution in [1.82, 2.24) is 10.6 Å². The van der Waals surface area contributed by atoms with Crippen molar-refractivity contribution in [2.75, 3.05) is 13.1 Å². The van der Waals surface area contributed by atoms with Crippen molar-refractivity contribution in [2.45, 2.75) is 77.2 Å². The lowest BCUT2D eigenvalue weighted by Crippen LogP contribution is -2.53. The van der Waals surface area contributed by atoms with E-state index in [2.05, 4.69) is 24.5 Å². The summed E-state index contributed by atoms with van der Waals surface area (Å²) in [5.74, 6) is 0.219. The van der Waals surface area contributed by atoms with E-state index in [1.807, 2.05) is 0 Å². The Hall–Kier alpha value is -0.570. The van der Waals surface area contributed by atoms with Crippen molar-refractivity contribution < 1.29 is 4.79 Å². The monoisotopic (exact) mass is 254 g/mol. The van der Waals surface area contributed by atoms with E-state index >= 15 is 0 Å². The number of carbonyl (C=O) groups is 1. The highest BCUT2D eigenvalue weighted by Gasteiger charge is 2.38. The Labute approximate surface area is 112 Å². The van der Waals surface area contributed by atoms with Crippen LogP contribution in [0.25, 0.3) is 0 Å². The largest absolute Gasteiger partial charge is 0.354 e. The lowest BCUT2D eigenvalue weighted by atomic mass is 9.93. The molecule has 1 fully saturated rings. The molecule has 0 radical (unpaired) electrons. The Bertz CT molecular complexity index is 235. The summed E-state index contributed by atoms with van der Waals surface area (Å²) < 4.78 is 0. The second-order valence-electron chi connectivity index (χ2n) is 5.49. The summed E-state index contributed by atoms with van der Waals surface area (Å²) in [4.78, 5) is 12.2.